The van der Waals surface area contributed by atoms with E-state index in [2.05, 4.69) is 44.8 Å². The van der Waals surface area contributed by atoms with Crippen molar-refractivity contribution in [3.63, 3.8) is 0 Å². The summed E-state index contributed by atoms with van der Waals surface area (Å²) in [6.45, 7) is 12.0. The molecule has 1 rings (SSSR count). The maximum Gasteiger partial charge on any atom is 0.241 e. The van der Waals surface area contributed by atoms with E-state index < -0.39 is 0 Å². The van der Waals surface area contributed by atoms with Crippen LogP contribution in [0.1, 0.15) is 79.6 Å². The van der Waals surface area contributed by atoms with Crippen molar-refractivity contribution < 1.29 is 4.79 Å². The molecular formula is C18H36N2O. The van der Waals surface area contributed by atoms with E-state index in [9.17, 15) is 4.79 Å². The Labute approximate surface area is 131 Å². The van der Waals surface area contributed by atoms with Gasteiger partial charge in [0.2, 0.25) is 5.91 Å². The molecule has 0 radical (unpaired) electrons. The number of unbranched alkanes of at least 4 members (excludes halogenated alkanes) is 1. The van der Waals surface area contributed by atoms with E-state index in [1.54, 1.807) is 0 Å². The van der Waals surface area contributed by atoms with Crippen molar-refractivity contribution >= 4 is 5.91 Å². The van der Waals surface area contributed by atoms with Crippen LogP contribution in [0.2, 0.25) is 0 Å². The zero-order valence-corrected chi connectivity index (χ0v) is 14.8. The summed E-state index contributed by atoms with van der Waals surface area (Å²) in [5.41, 5.74) is 0. The molecule has 3 nitrogen and oxygen atoms in total. The largest absolute Gasteiger partial charge is 0.326 e. The fourth-order valence-corrected chi connectivity index (χ4v) is 3.27. The SMILES string of the molecule is CCCCC(CC)CN1C(=O)C(C(C)CC)NC1CCC. The molecule has 4 unspecified atom stereocenters. The Morgan fingerprint density at radius 3 is 2.38 bits per heavy atom. The lowest BCUT2D eigenvalue weighted by Crippen LogP contribution is -2.40. The summed E-state index contributed by atoms with van der Waals surface area (Å²) in [5, 5.41) is 3.60. The summed E-state index contributed by atoms with van der Waals surface area (Å²) in [5.74, 6) is 1.43. The zero-order chi connectivity index (χ0) is 15.8. The molecule has 1 heterocycles. The van der Waals surface area contributed by atoms with Crippen LogP contribution in [0, 0.1) is 11.8 Å². The number of carbonyl (C=O) groups excluding carboxylic acids is 1. The molecule has 0 aliphatic carbocycles. The van der Waals surface area contributed by atoms with Gasteiger partial charge in [-0.2, -0.15) is 0 Å². The van der Waals surface area contributed by atoms with Crippen LogP contribution in [-0.4, -0.2) is 29.6 Å². The normalized spacial score (nSPS) is 25.4. The van der Waals surface area contributed by atoms with Crippen LogP contribution in [-0.2, 0) is 4.79 Å². The van der Waals surface area contributed by atoms with Crippen LogP contribution in [0.5, 0.6) is 0 Å². The van der Waals surface area contributed by atoms with E-state index in [0.29, 0.717) is 17.7 Å². The third kappa shape index (κ3) is 4.98. The Bertz CT molecular complexity index is 306. The minimum Gasteiger partial charge on any atom is -0.326 e. The Kier molecular flexibility index (Phi) is 8.31. The van der Waals surface area contributed by atoms with E-state index in [1.807, 2.05) is 0 Å². The summed E-state index contributed by atoms with van der Waals surface area (Å²) in [7, 11) is 0. The van der Waals surface area contributed by atoms with Gasteiger partial charge in [0.05, 0.1) is 12.2 Å². The van der Waals surface area contributed by atoms with Crippen molar-refractivity contribution in [1.82, 2.24) is 10.2 Å². The Balaban J connectivity index is 2.72. The van der Waals surface area contributed by atoms with Crippen LogP contribution in [0.15, 0.2) is 0 Å². The topological polar surface area (TPSA) is 32.3 Å². The highest BCUT2D eigenvalue weighted by molar-refractivity contribution is 5.84. The highest BCUT2D eigenvalue weighted by atomic mass is 16.2. The maximum atomic E-state index is 12.8. The van der Waals surface area contributed by atoms with Crippen LogP contribution < -0.4 is 5.32 Å². The molecule has 1 N–H and O–H groups in total. The van der Waals surface area contributed by atoms with Gasteiger partial charge in [-0.05, 0) is 24.7 Å². The number of hydrogen-bond donors (Lipinski definition) is 1. The van der Waals surface area contributed by atoms with E-state index >= 15 is 0 Å². The van der Waals surface area contributed by atoms with E-state index in [1.165, 1.54) is 25.7 Å². The average Bonchev–Trinajstić information content (AvgIpc) is 2.79. The van der Waals surface area contributed by atoms with Crippen molar-refractivity contribution in [2.75, 3.05) is 6.54 Å². The minimum absolute atomic E-state index is 0.0373. The highest BCUT2D eigenvalue weighted by Crippen LogP contribution is 2.25. The Morgan fingerprint density at radius 2 is 1.86 bits per heavy atom. The predicted octanol–water partition coefficient (Wildman–Crippen LogP) is 4.18. The number of amides is 1. The molecule has 124 valence electrons. The fourth-order valence-electron chi connectivity index (χ4n) is 3.27. The van der Waals surface area contributed by atoms with Crippen LogP contribution in [0.3, 0.4) is 0 Å². The first-order valence-corrected chi connectivity index (χ1v) is 9.15. The summed E-state index contributed by atoms with van der Waals surface area (Å²) in [6.07, 6.45) is 8.47. The van der Waals surface area contributed by atoms with Gasteiger partial charge in [-0.1, -0.05) is 66.7 Å². The summed E-state index contributed by atoms with van der Waals surface area (Å²) in [6, 6.07) is 0.0373. The van der Waals surface area contributed by atoms with Gasteiger partial charge >= 0.3 is 0 Å². The van der Waals surface area contributed by atoms with E-state index in [0.717, 1.165) is 25.8 Å². The van der Waals surface area contributed by atoms with Gasteiger partial charge in [-0.3, -0.25) is 10.1 Å². The molecule has 3 heteroatoms. The summed E-state index contributed by atoms with van der Waals surface area (Å²) < 4.78 is 0. The van der Waals surface area contributed by atoms with Gasteiger partial charge in [0, 0.05) is 6.54 Å². The first kappa shape index (κ1) is 18.5. The molecule has 0 spiro atoms. The van der Waals surface area contributed by atoms with Gasteiger partial charge in [-0.25, -0.2) is 0 Å². The van der Waals surface area contributed by atoms with Crippen molar-refractivity contribution in [2.45, 2.75) is 91.8 Å². The molecule has 1 aliphatic heterocycles. The average molecular weight is 296 g/mol. The van der Waals surface area contributed by atoms with Gasteiger partial charge < -0.3 is 4.90 Å². The second-order valence-corrected chi connectivity index (χ2v) is 6.74. The summed E-state index contributed by atoms with van der Waals surface area (Å²) in [4.78, 5) is 14.9. The monoisotopic (exact) mass is 296 g/mol. The standard InChI is InChI=1S/C18H36N2O/c1-6-10-12-15(9-4)13-20-16(11-7-2)19-17(18(20)21)14(5)8-3/h14-17,19H,6-13H2,1-5H3. The molecule has 0 aromatic carbocycles. The van der Waals surface area contributed by atoms with Crippen LogP contribution >= 0.6 is 0 Å². The van der Waals surface area contributed by atoms with Crippen molar-refractivity contribution in [3.8, 4) is 0 Å². The van der Waals surface area contributed by atoms with E-state index in [4.69, 9.17) is 0 Å². The predicted molar refractivity (Wildman–Crippen MR) is 90.1 cm³/mol. The lowest BCUT2D eigenvalue weighted by molar-refractivity contribution is -0.131. The molecule has 1 fully saturated rings. The third-order valence-corrected chi connectivity index (χ3v) is 5.07. The Morgan fingerprint density at radius 1 is 1.14 bits per heavy atom. The number of hydrogen-bond acceptors (Lipinski definition) is 2. The zero-order valence-electron chi connectivity index (χ0n) is 14.8. The third-order valence-electron chi connectivity index (χ3n) is 5.07. The van der Waals surface area contributed by atoms with Gasteiger partial charge in [0.25, 0.3) is 0 Å². The molecule has 0 aromatic heterocycles. The quantitative estimate of drug-likeness (QED) is 0.656. The molecule has 0 saturated carbocycles. The minimum atomic E-state index is 0.0373. The van der Waals surface area contributed by atoms with Crippen molar-refractivity contribution in [3.05, 3.63) is 0 Å². The van der Waals surface area contributed by atoms with Crippen LogP contribution in [0.25, 0.3) is 0 Å². The number of nitrogens with zero attached hydrogens (tertiary/aromatic N) is 1. The highest BCUT2D eigenvalue weighted by Gasteiger charge is 2.40. The number of carbonyl (C=O) groups is 1. The molecule has 0 bridgehead atoms. The van der Waals surface area contributed by atoms with Gasteiger partial charge in [0.1, 0.15) is 0 Å². The second kappa shape index (κ2) is 9.45. The van der Waals surface area contributed by atoms with E-state index in [-0.39, 0.29) is 12.2 Å². The van der Waals surface area contributed by atoms with Gasteiger partial charge in [-0.15, -0.1) is 0 Å². The molecule has 4 atom stereocenters. The first-order chi connectivity index (χ1) is 10.1. The molecule has 1 amide bonds. The molecule has 1 saturated heterocycles. The molecular weight excluding hydrogens is 260 g/mol. The smallest absolute Gasteiger partial charge is 0.241 e. The van der Waals surface area contributed by atoms with Crippen LogP contribution in [0.4, 0.5) is 0 Å². The van der Waals surface area contributed by atoms with Crippen molar-refractivity contribution in [2.24, 2.45) is 11.8 Å². The number of nitrogens with one attached hydrogen (secondary N) is 1. The lowest BCUT2D eigenvalue weighted by atomic mass is 9.97. The fraction of sp³-hybridized carbons (Fsp3) is 0.944. The summed E-state index contributed by atoms with van der Waals surface area (Å²) >= 11 is 0. The lowest BCUT2D eigenvalue weighted by Gasteiger charge is -2.28. The molecule has 21 heavy (non-hydrogen) atoms. The van der Waals surface area contributed by atoms with Gasteiger partial charge in [0.15, 0.2) is 0 Å². The maximum absolute atomic E-state index is 12.8. The first-order valence-electron chi connectivity index (χ1n) is 9.15. The van der Waals surface area contributed by atoms with Crippen molar-refractivity contribution in [1.29, 1.82) is 0 Å². The molecule has 0 aromatic rings. The number of rotatable bonds is 10. The Hall–Kier alpha value is -0.570. The second-order valence-electron chi connectivity index (χ2n) is 6.74. The molecule has 1 aliphatic rings.